The maximum Gasteiger partial charge on any atom is 0.235 e. The van der Waals surface area contributed by atoms with Crippen LogP contribution in [0.2, 0.25) is 0 Å². The van der Waals surface area contributed by atoms with Crippen LogP contribution in [-0.2, 0) is 9.59 Å². The van der Waals surface area contributed by atoms with Crippen LogP contribution in [0.25, 0.3) is 0 Å². The number of nitrogens with one attached hydrogen (secondary N) is 1. The number of amides is 2. The second kappa shape index (κ2) is 7.56. The highest BCUT2D eigenvalue weighted by molar-refractivity contribution is 5.78. The van der Waals surface area contributed by atoms with Crippen LogP contribution in [0.5, 0.6) is 0 Å². The summed E-state index contributed by atoms with van der Waals surface area (Å²) in [6, 6.07) is 2.36. The summed E-state index contributed by atoms with van der Waals surface area (Å²) in [5.41, 5.74) is 0. The number of nitrogens with zero attached hydrogens (tertiary/aromatic N) is 4. The Labute approximate surface area is 131 Å². The van der Waals surface area contributed by atoms with Crippen LogP contribution in [0, 0.1) is 17.2 Å². The van der Waals surface area contributed by atoms with Crippen molar-refractivity contribution in [1.29, 1.82) is 5.26 Å². The van der Waals surface area contributed by atoms with E-state index in [0.29, 0.717) is 18.5 Å². The third-order valence-corrected chi connectivity index (χ3v) is 4.61. The number of likely N-dealkylation sites (tertiary alicyclic amines) is 1. The van der Waals surface area contributed by atoms with Gasteiger partial charge in [0.15, 0.2) is 0 Å². The predicted octanol–water partition coefficient (Wildman–Crippen LogP) is -0.889. The lowest BCUT2D eigenvalue weighted by atomic mass is 10.0. The van der Waals surface area contributed by atoms with Crippen LogP contribution in [0.1, 0.15) is 13.8 Å². The molecule has 2 saturated heterocycles. The van der Waals surface area contributed by atoms with Crippen LogP contribution >= 0.6 is 0 Å². The third-order valence-electron chi connectivity index (χ3n) is 4.61. The van der Waals surface area contributed by atoms with Gasteiger partial charge in [-0.1, -0.05) is 6.92 Å². The van der Waals surface area contributed by atoms with E-state index in [0.717, 1.165) is 39.3 Å². The molecule has 2 aliphatic rings. The van der Waals surface area contributed by atoms with Crippen molar-refractivity contribution >= 4 is 11.8 Å². The van der Waals surface area contributed by atoms with Crippen molar-refractivity contribution in [3.05, 3.63) is 0 Å². The SMILES string of the molecule is CC(=O)N1CCN([C@@H]2CN(CC(=O)NCC#N)C[C@H]2C)CC1. The summed E-state index contributed by atoms with van der Waals surface area (Å²) in [6.45, 7) is 9.44. The maximum atomic E-state index is 11.7. The van der Waals surface area contributed by atoms with E-state index < -0.39 is 0 Å². The Balaban J connectivity index is 1.80. The van der Waals surface area contributed by atoms with E-state index in [-0.39, 0.29) is 18.4 Å². The molecule has 0 spiro atoms. The van der Waals surface area contributed by atoms with Crippen molar-refractivity contribution in [2.75, 3.05) is 52.4 Å². The Hall–Kier alpha value is -1.65. The first-order valence-electron chi connectivity index (χ1n) is 7.87. The molecule has 7 heteroatoms. The van der Waals surface area contributed by atoms with Crippen molar-refractivity contribution < 1.29 is 9.59 Å². The first kappa shape index (κ1) is 16.7. The van der Waals surface area contributed by atoms with Crippen LogP contribution < -0.4 is 5.32 Å². The summed E-state index contributed by atoms with van der Waals surface area (Å²) in [4.78, 5) is 29.6. The van der Waals surface area contributed by atoms with Gasteiger partial charge >= 0.3 is 0 Å². The van der Waals surface area contributed by atoms with E-state index in [1.807, 2.05) is 11.0 Å². The van der Waals surface area contributed by atoms with Gasteiger partial charge in [-0.2, -0.15) is 5.26 Å². The van der Waals surface area contributed by atoms with Gasteiger partial charge < -0.3 is 10.2 Å². The number of rotatable bonds is 4. The molecule has 2 rings (SSSR count). The van der Waals surface area contributed by atoms with Gasteiger partial charge in [-0.05, 0) is 5.92 Å². The predicted molar refractivity (Wildman–Crippen MR) is 81.8 cm³/mol. The number of carbonyl (C=O) groups excluding carboxylic acids is 2. The lowest BCUT2D eigenvalue weighted by Gasteiger charge is -2.39. The molecule has 0 aliphatic carbocycles. The number of hydrogen-bond donors (Lipinski definition) is 1. The van der Waals surface area contributed by atoms with Gasteiger partial charge in [0.1, 0.15) is 6.54 Å². The number of piperazine rings is 1. The zero-order valence-electron chi connectivity index (χ0n) is 13.4. The molecule has 0 unspecified atom stereocenters. The monoisotopic (exact) mass is 307 g/mol. The fourth-order valence-electron chi connectivity index (χ4n) is 3.42. The van der Waals surface area contributed by atoms with E-state index in [2.05, 4.69) is 22.0 Å². The fraction of sp³-hybridized carbons (Fsp3) is 0.800. The second-order valence-electron chi connectivity index (χ2n) is 6.22. The molecule has 0 bridgehead atoms. The quantitative estimate of drug-likeness (QED) is 0.682. The molecule has 122 valence electrons. The zero-order chi connectivity index (χ0) is 16.1. The van der Waals surface area contributed by atoms with Crippen molar-refractivity contribution in [2.45, 2.75) is 19.9 Å². The fourth-order valence-corrected chi connectivity index (χ4v) is 3.42. The van der Waals surface area contributed by atoms with Gasteiger partial charge in [-0.25, -0.2) is 0 Å². The molecule has 1 N–H and O–H groups in total. The average Bonchev–Trinajstić information content (AvgIpc) is 2.85. The van der Waals surface area contributed by atoms with Gasteiger partial charge in [0.2, 0.25) is 11.8 Å². The van der Waals surface area contributed by atoms with Crippen molar-refractivity contribution in [3.63, 3.8) is 0 Å². The second-order valence-corrected chi connectivity index (χ2v) is 6.22. The Morgan fingerprint density at radius 2 is 1.91 bits per heavy atom. The van der Waals surface area contributed by atoms with Crippen LogP contribution in [-0.4, -0.2) is 84.9 Å². The van der Waals surface area contributed by atoms with Crippen molar-refractivity contribution in [3.8, 4) is 6.07 Å². The van der Waals surface area contributed by atoms with Crippen LogP contribution in [0.3, 0.4) is 0 Å². The Morgan fingerprint density at radius 1 is 1.23 bits per heavy atom. The molecule has 22 heavy (non-hydrogen) atoms. The first-order valence-corrected chi connectivity index (χ1v) is 7.87. The summed E-state index contributed by atoms with van der Waals surface area (Å²) >= 11 is 0. The molecule has 2 aliphatic heterocycles. The largest absolute Gasteiger partial charge is 0.342 e. The van der Waals surface area contributed by atoms with Crippen molar-refractivity contribution in [2.24, 2.45) is 5.92 Å². The Bertz CT molecular complexity index is 453. The normalized spacial score (nSPS) is 26.7. The molecular weight excluding hydrogens is 282 g/mol. The first-order chi connectivity index (χ1) is 10.5. The Kier molecular flexibility index (Phi) is 5.75. The minimum Gasteiger partial charge on any atom is -0.342 e. The van der Waals surface area contributed by atoms with Gasteiger partial charge in [0.25, 0.3) is 0 Å². The molecule has 0 aromatic rings. The number of hydrogen-bond acceptors (Lipinski definition) is 5. The van der Waals surface area contributed by atoms with E-state index in [4.69, 9.17) is 5.26 Å². The summed E-state index contributed by atoms with van der Waals surface area (Å²) < 4.78 is 0. The maximum absolute atomic E-state index is 11.7. The van der Waals surface area contributed by atoms with Crippen molar-refractivity contribution in [1.82, 2.24) is 20.0 Å². The minimum absolute atomic E-state index is 0.0681. The minimum atomic E-state index is -0.0872. The van der Waals surface area contributed by atoms with E-state index >= 15 is 0 Å². The van der Waals surface area contributed by atoms with Gasteiger partial charge in [0, 0.05) is 52.2 Å². The molecule has 2 amide bonds. The summed E-state index contributed by atoms with van der Waals surface area (Å²) in [5, 5.41) is 11.1. The topological polar surface area (TPSA) is 79.7 Å². The number of carbonyl (C=O) groups is 2. The standard InChI is InChI=1S/C15H25N5O2/c1-12-9-18(11-15(22)17-4-3-16)10-14(12)20-7-5-19(6-8-20)13(2)21/h12,14H,4-11H2,1-2H3,(H,17,22)/t12-,14-/m1/s1. The number of nitriles is 1. The Morgan fingerprint density at radius 3 is 2.50 bits per heavy atom. The summed E-state index contributed by atoms with van der Waals surface area (Å²) in [6.07, 6.45) is 0. The average molecular weight is 307 g/mol. The molecule has 7 nitrogen and oxygen atoms in total. The van der Waals surface area contributed by atoms with E-state index in [1.165, 1.54) is 0 Å². The summed E-state index contributed by atoms with van der Waals surface area (Å²) in [5.74, 6) is 0.568. The molecule has 0 aromatic heterocycles. The molecule has 0 aromatic carbocycles. The highest BCUT2D eigenvalue weighted by atomic mass is 16.2. The van der Waals surface area contributed by atoms with Gasteiger partial charge in [-0.15, -0.1) is 0 Å². The van der Waals surface area contributed by atoms with E-state index in [1.54, 1.807) is 6.92 Å². The van der Waals surface area contributed by atoms with Crippen LogP contribution in [0.4, 0.5) is 0 Å². The molecular formula is C15H25N5O2. The molecule has 0 radical (unpaired) electrons. The lowest BCUT2D eigenvalue weighted by molar-refractivity contribution is -0.131. The highest BCUT2D eigenvalue weighted by Crippen LogP contribution is 2.22. The van der Waals surface area contributed by atoms with Gasteiger partial charge in [0.05, 0.1) is 12.6 Å². The molecule has 0 saturated carbocycles. The third kappa shape index (κ3) is 4.18. The molecule has 2 heterocycles. The zero-order valence-corrected chi connectivity index (χ0v) is 13.4. The van der Waals surface area contributed by atoms with E-state index in [9.17, 15) is 9.59 Å². The molecule has 2 fully saturated rings. The lowest BCUT2D eigenvalue weighted by Crippen LogP contribution is -2.53. The van der Waals surface area contributed by atoms with Gasteiger partial charge in [-0.3, -0.25) is 19.4 Å². The van der Waals surface area contributed by atoms with Crippen LogP contribution in [0.15, 0.2) is 0 Å². The smallest absolute Gasteiger partial charge is 0.235 e. The highest BCUT2D eigenvalue weighted by Gasteiger charge is 2.35. The molecule has 2 atom stereocenters. The summed E-state index contributed by atoms with van der Waals surface area (Å²) in [7, 11) is 0.